The average molecular weight is 1030 g/mol. The lowest BCUT2D eigenvalue weighted by Crippen LogP contribution is -2.30. The number of esters is 3. The summed E-state index contributed by atoms with van der Waals surface area (Å²) in [5.41, 5.74) is 0. The molecule has 0 rings (SSSR count). The van der Waals surface area contributed by atoms with Gasteiger partial charge in [0.1, 0.15) is 13.2 Å². The molecule has 0 aromatic rings. The standard InChI is InChI=1S/C68H116O6/c1-4-7-10-13-16-19-22-25-27-29-31-33-34-36-37-39-41-43-46-49-52-55-58-61-67(70)73-64-65(63-72-66(69)60-57-54-51-48-45-24-21-18-15-12-9-6-3)74-68(71)62-59-56-53-50-47-44-42-40-38-35-32-30-28-26-23-20-17-14-11-8-5-2/h8,11,17-18,20-21,26,28-29,31-32,35,40,42,47,50,65H,4-7,9-10,12-16,19,22-25,27,30,33-34,36-39,41,43-46,48-49,51-64H2,1-3H3/b11-8-,20-17-,21-18-,28-26-,31-29-,35-32-,42-40-,50-47-. The highest BCUT2D eigenvalue weighted by atomic mass is 16.6. The Morgan fingerprint density at radius 2 is 0.527 bits per heavy atom. The first-order chi connectivity index (χ1) is 36.5. The number of unbranched alkanes of at least 4 members (excludes halogenated alkanes) is 29. The van der Waals surface area contributed by atoms with Gasteiger partial charge in [0.15, 0.2) is 6.10 Å². The maximum Gasteiger partial charge on any atom is 0.306 e. The van der Waals surface area contributed by atoms with Crippen LogP contribution in [0.3, 0.4) is 0 Å². The van der Waals surface area contributed by atoms with Gasteiger partial charge in [-0.2, -0.15) is 0 Å². The van der Waals surface area contributed by atoms with E-state index in [4.69, 9.17) is 14.2 Å². The van der Waals surface area contributed by atoms with Crippen molar-refractivity contribution in [2.45, 2.75) is 303 Å². The van der Waals surface area contributed by atoms with E-state index in [-0.39, 0.29) is 37.5 Å². The van der Waals surface area contributed by atoms with E-state index in [0.29, 0.717) is 19.3 Å². The van der Waals surface area contributed by atoms with E-state index < -0.39 is 6.10 Å². The quantitative estimate of drug-likeness (QED) is 0.0261. The second-order valence-corrected chi connectivity index (χ2v) is 20.6. The molecule has 0 bridgehead atoms. The van der Waals surface area contributed by atoms with Crippen LogP contribution < -0.4 is 0 Å². The van der Waals surface area contributed by atoms with Gasteiger partial charge in [0, 0.05) is 19.3 Å². The second kappa shape index (κ2) is 61.9. The van der Waals surface area contributed by atoms with Gasteiger partial charge in [0.05, 0.1) is 0 Å². The summed E-state index contributed by atoms with van der Waals surface area (Å²) in [5, 5.41) is 0. The summed E-state index contributed by atoms with van der Waals surface area (Å²) in [6, 6.07) is 0. The topological polar surface area (TPSA) is 78.9 Å². The highest BCUT2D eigenvalue weighted by molar-refractivity contribution is 5.71. The number of hydrogen-bond acceptors (Lipinski definition) is 6. The molecule has 0 spiro atoms. The van der Waals surface area contributed by atoms with Gasteiger partial charge < -0.3 is 14.2 Å². The molecule has 0 fully saturated rings. The van der Waals surface area contributed by atoms with Gasteiger partial charge in [-0.05, 0) is 122 Å². The van der Waals surface area contributed by atoms with Crippen LogP contribution >= 0.6 is 0 Å². The first-order valence-electron chi connectivity index (χ1n) is 31.2. The fourth-order valence-corrected chi connectivity index (χ4v) is 8.61. The van der Waals surface area contributed by atoms with Crippen molar-refractivity contribution in [3.63, 3.8) is 0 Å². The fourth-order valence-electron chi connectivity index (χ4n) is 8.61. The van der Waals surface area contributed by atoms with Crippen LogP contribution in [0.5, 0.6) is 0 Å². The van der Waals surface area contributed by atoms with Crippen molar-refractivity contribution in [3.8, 4) is 0 Å². The van der Waals surface area contributed by atoms with Gasteiger partial charge in [-0.1, -0.05) is 253 Å². The van der Waals surface area contributed by atoms with Crippen molar-refractivity contribution in [2.24, 2.45) is 0 Å². The van der Waals surface area contributed by atoms with Crippen LogP contribution in [0, 0.1) is 0 Å². The Labute approximate surface area is 457 Å². The molecular weight excluding hydrogens is 913 g/mol. The summed E-state index contributed by atoms with van der Waals surface area (Å²) in [7, 11) is 0. The van der Waals surface area contributed by atoms with Gasteiger partial charge in [-0.15, -0.1) is 0 Å². The Balaban J connectivity index is 4.39. The summed E-state index contributed by atoms with van der Waals surface area (Å²) in [5.74, 6) is -0.945. The Morgan fingerprint density at radius 1 is 0.284 bits per heavy atom. The number of ether oxygens (including phenoxy) is 3. The van der Waals surface area contributed by atoms with E-state index in [1.807, 2.05) is 0 Å². The molecule has 6 nitrogen and oxygen atoms in total. The van der Waals surface area contributed by atoms with Crippen molar-refractivity contribution in [3.05, 3.63) is 97.2 Å². The molecule has 0 aromatic heterocycles. The van der Waals surface area contributed by atoms with Gasteiger partial charge in [-0.25, -0.2) is 0 Å². The average Bonchev–Trinajstić information content (AvgIpc) is 3.40. The van der Waals surface area contributed by atoms with E-state index in [2.05, 4.69) is 118 Å². The minimum absolute atomic E-state index is 0.0977. The molecule has 0 amide bonds. The third-order valence-electron chi connectivity index (χ3n) is 13.3. The van der Waals surface area contributed by atoms with Crippen LogP contribution in [0.1, 0.15) is 297 Å². The van der Waals surface area contributed by atoms with Crippen molar-refractivity contribution < 1.29 is 28.6 Å². The van der Waals surface area contributed by atoms with E-state index >= 15 is 0 Å². The normalized spacial score (nSPS) is 12.7. The Hall–Kier alpha value is -3.67. The molecule has 0 saturated carbocycles. The zero-order valence-electron chi connectivity index (χ0n) is 48.6. The van der Waals surface area contributed by atoms with Crippen LogP contribution in [0.2, 0.25) is 0 Å². The molecule has 0 aliphatic carbocycles. The molecule has 0 aliphatic heterocycles. The van der Waals surface area contributed by atoms with Crippen LogP contribution in [0.25, 0.3) is 0 Å². The lowest BCUT2D eigenvalue weighted by molar-refractivity contribution is -0.167. The van der Waals surface area contributed by atoms with Crippen LogP contribution in [-0.4, -0.2) is 37.2 Å². The first kappa shape index (κ1) is 70.3. The number of hydrogen-bond donors (Lipinski definition) is 0. The van der Waals surface area contributed by atoms with Crippen LogP contribution in [0.15, 0.2) is 97.2 Å². The largest absolute Gasteiger partial charge is 0.462 e. The molecule has 6 heteroatoms. The lowest BCUT2D eigenvalue weighted by atomic mass is 10.0. The summed E-state index contributed by atoms with van der Waals surface area (Å²) in [6.07, 6.45) is 82.7. The van der Waals surface area contributed by atoms with Crippen molar-refractivity contribution in [2.75, 3.05) is 13.2 Å². The lowest BCUT2D eigenvalue weighted by Gasteiger charge is -2.18. The van der Waals surface area contributed by atoms with E-state index in [1.54, 1.807) is 0 Å². The fraction of sp³-hybridized carbons (Fsp3) is 0.721. The highest BCUT2D eigenvalue weighted by Gasteiger charge is 2.19. The maximum atomic E-state index is 12.9. The molecule has 1 unspecified atom stereocenters. The minimum Gasteiger partial charge on any atom is -0.462 e. The number of carbonyl (C=O) groups is 3. The second-order valence-electron chi connectivity index (χ2n) is 20.6. The maximum absolute atomic E-state index is 12.9. The summed E-state index contributed by atoms with van der Waals surface area (Å²) in [4.78, 5) is 38.2. The Morgan fingerprint density at radius 3 is 0.892 bits per heavy atom. The zero-order valence-corrected chi connectivity index (χ0v) is 48.6. The molecule has 0 saturated heterocycles. The number of carbonyl (C=O) groups excluding carboxylic acids is 3. The third kappa shape index (κ3) is 59.2. The third-order valence-corrected chi connectivity index (χ3v) is 13.3. The Kier molecular flexibility index (Phi) is 58.8. The zero-order chi connectivity index (χ0) is 53.6. The van der Waals surface area contributed by atoms with Gasteiger partial charge >= 0.3 is 17.9 Å². The predicted octanol–water partition coefficient (Wildman–Crippen LogP) is 21.3. The molecule has 0 aromatic carbocycles. The SMILES string of the molecule is CC/C=C\C/C=C\C/C=C\C/C=C\C/C=C\C/C=C\CCCCC(=O)OC(COC(=O)CCCCCCC/C=C\CCCCC)COC(=O)CCCCCCCCCCCCC/C=C\CCCCCCCCCC. The minimum atomic E-state index is -0.806. The summed E-state index contributed by atoms with van der Waals surface area (Å²) < 4.78 is 16.9. The van der Waals surface area contributed by atoms with Crippen LogP contribution in [-0.2, 0) is 28.6 Å². The summed E-state index contributed by atoms with van der Waals surface area (Å²) in [6.45, 7) is 6.48. The van der Waals surface area contributed by atoms with E-state index in [1.165, 1.54) is 148 Å². The highest BCUT2D eigenvalue weighted by Crippen LogP contribution is 2.15. The van der Waals surface area contributed by atoms with Gasteiger partial charge in [0.25, 0.3) is 0 Å². The van der Waals surface area contributed by atoms with Crippen molar-refractivity contribution >= 4 is 17.9 Å². The van der Waals surface area contributed by atoms with Crippen LogP contribution in [0.4, 0.5) is 0 Å². The van der Waals surface area contributed by atoms with Crippen molar-refractivity contribution in [1.82, 2.24) is 0 Å². The molecule has 1 atom stereocenters. The monoisotopic (exact) mass is 1030 g/mol. The molecule has 0 N–H and O–H groups in total. The summed E-state index contributed by atoms with van der Waals surface area (Å²) >= 11 is 0. The molecule has 0 radical (unpaired) electrons. The molecule has 0 heterocycles. The number of allylic oxidation sites excluding steroid dienone is 16. The first-order valence-corrected chi connectivity index (χ1v) is 31.2. The van der Waals surface area contributed by atoms with Gasteiger partial charge in [0.2, 0.25) is 0 Å². The predicted molar refractivity (Wildman–Crippen MR) is 320 cm³/mol. The molecular formula is C68H116O6. The van der Waals surface area contributed by atoms with Gasteiger partial charge in [-0.3, -0.25) is 14.4 Å². The van der Waals surface area contributed by atoms with E-state index in [9.17, 15) is 14.4 Å². The molecule has 74 heavy (non-hydrogen) atoms. The molecule has 0 aliphatic rings. The smallest absolute Gasteiger partial charge is 0.306 e. The van der Waals surface area contributed by atoms with Crippen molar-refractivity contribution in [1.29, 1.82) is 0 Å². The Bertz CT molecular complexity index is 1460. The molecule has 424 valence electrons. The number of rotatable bonds is 56. The van der Waals surface area contributed by atoms with E-state index in [0.717, 1.165) is 103 Å².